The lowest BCUT2D eigenvalue weighted by molar-refractivity contribution is -1.12. The second-order valence-electron chi connectivity index (χ2n) is 9.08. The number of rotatable bonds is 12. The van der Waals surface area contributed by atoms with Crippen LogP contribution >= 0.6 is 0 Å². The van der Waals surface area contributed by atoms with E-state index in [9.17, 15) is 0 Å². The Morgan fingerprint density at radius 2 is 1.25 bits per heavy atom. The van der Waals surface area contributed by atoms with Gasteiger partial charge in [0.25, 0.3) is 0 Å². The fraction of sp³-hybridized carbons (Fsp3) is 1.00. The van der Waals surface area contributed by atoms with Crippen molar-refractivity contribution in [2.45, 2.75) is 91.5 Å². The molecule has 1 heterocycles. The minimum atomic E-state index is 0.259. The van der Waals surface area contributed by atoms with Crippen LogP contribution in [0.25, 0.3) is 0 Å². The average molecular weight is 343 g/mol. The Balaban J connectivity index is 2.58. The first-order valence-electron chi connectivity index (χ1n) is 11.0. The fourth-order valence-electron chi connectivity index (χ4n) is 4.74. The zero-order valence-electron chi connectivity index (χ0n) is 17.6. The summed E-state index contributed by atoms with van der Waals surface area (Å²) in [7, 11) is 0. The van der Waals surface area contributed by atoms with Crippen LogP contribution in [-0.2, 0) is 0 Å². The summed E-state index contributed by atoms with van der Waals surface area (Å²) in [6.45, 7) is 18.4. The molecule has 1 aliphatic rings. The molecule has 1 aliphatic heterocycles. The molecule has 144 valence electrons. The zero-order valence-corrected chi connectivity index (χ0v) is 17.6. The smallest absolute Gasteiger partial charge is 0.204 e. The van der Waals surface area contributed by atoms with Crippen LogP contribution < -0.4 is 15.5 Å². The molecular weight excluding hydrogens is 294 g/mol. The summed E-state index contributed by atoms with van der Waals surface area (Å²) in [5.41, 5.74) is 4.84. The number of hydrogen-bond donors (Lipinski definition) is 3. The van der Waals surface area contributed by atoms with Crippen LogP contribution in [0.15, 0.2) is 0 Å². The predicted molar refractivity (Wildman–Crippen MR) is 104 cm³/mol. The van der Waals surface area contributed by atoms with E-state index in [-0.39, 0.29) is 5.54 Å². The molecule has 0 saturated carbocycles. The minimum absolute atomic E-state index is 0.259. The van der Waals surface area contributed by atoms with E-state index < -0.39 is 0 Å². The Hall–Kier alpha value is -0.120. The van der Waals surface area contributed by atoms with Gasteiger partial charge in [0, 0.05) is 18.8 Å². The molecule has 3 heteroatoms. The molecule has 0 radical (unpaired) electrons. The van der Waals surface area contributed by atoms with Crippen molar-refractivity contribution in [2.24, 2.45) is 11.8 Å². The molecule has 5 N–H and O–H groups in total. The largest absolute Gasteiger partial charge is 0.344 e. The van der Waals surface area contributed by atoms with Gasteiger partial charge in [0.05, 0.1) is 13.1 Å². The number of nitrogens with one attached hydrogen (secondary N) is 2. The van der Waals surface area contributed by atoms with Crippen molar-refractivity contribution in [3.05, 3.63) is 0 Å². The second-order valence-corrected chi connectivity index (χ2v) is 9.08. The maximum Gasteiger partial charge on any atom is 0.204 e. The Bertz CT molecular complexity index is 288. The molecule has 0 aromatic carbocycles. The summed E-state index contributed by atoms with van der Waals surface area (Å²) < 4.78 is 0. The molecule has 0 aromatic heterocycles. The van der Waals surface area contributed by atoms with Crippen molar-refractivity contribution in [3.63, 3.8) is 0 Å². The Kier molecular flexibility index (Phi) is 10.5. The third-order valence-corrected chi connectivity index (χ3v) is 6.09. The maximum absolute atomic E-state index is 4.58. The van der Waals surface area contributed by atoms with Crippen molar-refractivity contribution in [3.8, 4) is 0 Å². The van der Waals surface area contributed by atoms with Gasteiger partial charge in [-0.05, 0) is 25.7 Å². The van der Waals surface area contributed by atoms with Gasteiger partial charge in [-0.3, -0.25) is 9.80 Å². The van der Waals surface area contributed by atoms with E-state index in [1.165, 1.54) is 84.2 Å². The van der Waals surface area contributed by atoms with Crippen molar-refractivity contribution in [1.29, 1.82) is 0 Å². The SMILES string of the molecule is CCCC[C@H](CC)C[NH+]1C[NH+](C[C@@H](CC)CCCC)CC(C)([NH3+])C1. The molecule has 4 atom stereocenters. The Morgan fingerprint density at radius 1 is 0.833 bits per heavy atom. The molecule has 0 bridgehead atoms. The van der Waals surface area contributed by atoms with E-state index in [4.69, 9.17) is 0 Å². The summed E-state index contributed by atoms with van der Waals surface area (Å²) in [5, 5.41) is 0. The average Bonchev–Trinajstić information content (AvgIpc) is 2.53. The van der Waals surface area contributed by atoms with Gasteiger partial charge in [0.1, 0.15) is 13.1 Å². The van der Waals surface area contributed by atoms with E-state index >= 15 is 0 Å². The fourth-order valence-corrected chi connectivity index (χ4v) is 4.74. The molecule has 0 aromatic rings. The van der Waals surface area contributed by atoms with Crippen LogP contribution in [-0.4, -0.2) is 38.4 Å². The lowest BCUT2D eigenvalue weighted by atomic mass is 9.94. The van der Waals surface area contributed by atoms with Gasteiger partial charge in [-0.1, -0.05) is 53.4 Å². The summed E-state index contributed by atoms with van der Waals surface area (Å²) in [5.74, 6) is 1.83. The molecule has 1 saturated heterocycles. The molecular formula is C21H48N3+3. The third kappa shape index (κ3) is 8.31. The first kappa shape index (κ1) is 21.9. The molecule has 0 amide bonds. The highest BCUT2D eigenvalue weighted by atomic mass is 15.4. The molecule has 0 aliphatic carbocycles. The van der Waals surface area contributed by atoms with Gasteiger partial charge in [-0.15, -0.1) is 0 Å². The number of unbranched alkanes of at least 4 members (excludes halogenated alkanes) is 2. The number of hydrogen-bond acceptors (Lipinski definition) is 0. The monoisotopic (exact) mass is 342 g/mol. The zero-order chi connectivity index (χ0) is 18.0. The van der Waals surface area contributed by atoms with Crippen molar-refractivity contribution >= 4 is 0 Å². The molecule has 3 nitrogen and oxygen atoms in total. The Labute approximate surface area is 152 Å². The molecule has 1 fully saturated rings. The summed E-state index contributed by atoms with van der Waals surface area (Å²) in [6.07, 6.45) is 11.0. The van der Waals surface area contributed by atoms with Gasteiger partial charge in [-0.2, -0.15) is 0 Å². The number of quaternary nitrogens is 3. The van der Waals surface area contributed by atoms with Crippen LogP contribution in [0.2, 0.25) is 0 Å². The molecule has 0 spiro atoms. The molecule has 1 rings (SSSR count). The van der Waals surface area contributed by atoms with Gasteiger partial charge in [-0.25, -0.2) is 0 Å². The second kappa shape index (κ2) is 11.5. The van der Waals surface area contributed by atoms with Crippen LogP contribution in [0.5, 0.6) is 0 Å². The van der Waals surface area contributed by atoms with E-state index in [1.807, 2.05) is 9.80 Å². The molecule has 2 unspecified atom stereocenters. The van der Waals surface area contributed by atoms with E-state index in [1.54, 1.807) is 0 Å². The quantitative estimate of drug-likeness (QED) is 0.476. The lowest BCUT2D eigenvalue weighted by Crippen LogP contribution is -3.38. The third-order valence-electron chi connectivity index (χ3n) is 6.09. The van der Waals surface area contributed by atoms with Crippen LogP contribution in [0.1, 0.15) is 86.0 Å². The van der Waals surface area contributed by atoms with Gasteiger partial charge >= 0.3 is 0 Å². The lowest BCUT2D eigenvalue weighted by Gasteiger charge is -2.39. The van der Waals surface area contributed by atoms with Crippen molar-refractivity contribution < 1.29 is 15.5 Å². The topological polar surface area (TPSA) is 36.5 Å². The highest BCUT2D eigenvalue weighted by Gasteiger charge is 2.41. The van der Waals surface area contributed by atoms with Gasteiger partial charge in [0.2, 0.25) is 6.67 Å². The maximum atomic E-state index is 4.58. The van der Waals surface area contributed by atoms with Gasteiger partial charge in [0.15, 0.2) is 5.54 Å². The highest BCUT2D eigenvalue weighted by Crippen LogP contribution is 2.11. The van der Waals surface area contributed by atoms with E-state index in [2.05, 4.69) is 40.4 Å². The summed E-state index contributed by atoms with van der Waals surface area (Å²) in [4.78, 5) is 3.64. The van der Waals surface area contributed by atoms with E-state index in [0.29, 0.717) is 0 Å². The normalized spacial score (nSPS) is 30.2. The predicted octanol–water partition coefficient (Wildman–Crippen LogP) is 1.16. The summed E-state index contributed by atoms with van der Waals surface area (Å²) in [6, 6.07) is 0. The highest BCUT2D eigenvalue weighted by molar-refractivity contribution is 4.70. The first-order valence-corrected chi connectivity index (χ1v) is 11.0. The standard InChI is InChI=1S/C21H45N3/c1-6-10-12-19(8-3)14-23-16-21(5,22)17-24(18-23)15-20(9-4)13-11-7-2/h19-20H,6-18,22H2,1-5H3/p+3/t19-,20-/m0/s1. The van der Waals surface area contributed by atoms with Crippen molar-refractivity contribution in [1.82, 2.24) is 0 Å². The molecule has 24 heavy (non-hydrogen) atoms. The van der Waals surface area contributed by atoms with Crippen LogP contribution in [0.4, 0.5) is 0 Å². The van der Waals surface area contributed by atoms with Gasteiger partial charge < -0.3 is 5.73 Å². The van der Waals surface area contributed by atoms with Crippen LogP contribution in [0, 0.1) is 11.8 Å². The Morgan fingerprint density at radius 3 is 1.58 bits per heavy atom. The van der Waals surface area contributed by atoms with Crippen molar-refractivity contribution in [2.75, 3.05) is 32.8 Å². The van der Waals surface area contributed by atoms with Crippen LogP contribution in [0.3, 0.4) is 0 Å². The first-order chi connectivity index (χ1) is 11.4. The van der Waals surface area contributed by atoms with E-state index in [0.717, 1.165) is 11.8 Å². The minimum Gasteiger partial charge on any atom is -0.344 e. The summed E-state index contributed by atoms with van der Waals surface area (Å²) >= 11 is 0.